The molecule has 2 aromatic rings. The highest BCUT2D eigenvalue weighted by atomic mass is 35.5. The molecule has 0 fully saturated rings. The zero-order valence-electron chi connectivity index (χ0n) is 9.67. The van der Waals surface area contributed by atoms with Gasteiger partial charge in [0.05, 0.1) is 13.0 Å². The summed E-state index contributed by atoms with van der Waals surface area (Å²) in [6, 6.07) is 5.47. The fourth-order valence-electron chi connectivity index (χ4n) is 1.63. The molecular weight excluding hydrogens is 256 g/mol. The second-order valence-corrected chi connectivity index (χ2v) is 4.32. The first-order chi connectivity index (χ1) is 8.56. The molecule has 0 spiro atoms. The lowest BCUT2D eigenvalue weighted by Gasteiger charge is -2.04. The number of aryl methyl sites for hydroxylation is 2. The molecule has 2 rings (SSSR count). The van der Waals surface area contributed by atoms with E-state index in [1.165, 1.54) is 4.68 Å². The molecule has 0 radical (unpaired) electrons. The molecule has 0 atom stereocenters. The summed E-state index contributed by atoms with van der Waals surface area (Å²) in [6.45, 7) is 2.14. The number of nitrogens with zero attached hydrogens (tertiary/aromatic N) is 4. The van der Waals surface area contributed by atoms with Crippen molar-refractivity contribution >= 4 is 17.6 Å². The Balaban J connectivity index is 2.33. The van der Waals surface area contributed by atoms with E-state index in [1.807, 2.05) is 19.1 Å². The van der Waals surface area contributed by atoms with Gasteiger partial charge in [0.2, 0.25) is 0 Å². The van der Waals surface area contributed by atoms with Crippen LogP contribution in [0.15, 0.2) is 18.2 Å². The number of carbonyl (C=O) groups is 1. The van der Waals surface area contributed by atoms with Crippen LogP contribution in [0.3, 0.4) is 0 Å². The molecule has 0 amide bonds. The highest BCUT2D eigenvalue weighted by molar-refractivity contribution is 6.30. The van der Waals surface area contributed by atoms with E-state index >= 15 is 0 Å². The Morgan fingerprint density at radius 1 is 1.44 bits per heavy atom. The number of benzene rings is 1. The smallest absolute Gasteiger partial charge is 0.305 e. The van der Waals surface area contributed by atoms with Gasteiger partial charge in [-0.1, -0.05) is 11.6 Å². The average Bonchev–Trinajstić information content (AvgIpc) is 2.72. The number of aromatic nitrogens is 4. The van der Waals surface area contributed by atoms with E-state index in [-0.39, 0.29) is 13.0 Å². The van der Waals surface area contributed by atoms with Crippen molar-refractivity contribution in [3.63, 3.8) is 0 Å². The quantitative estimate of drug-likeness (QED) is 0.912. The fraction of sp³-hybridized carbons (Fsp3) is 0.273. The lowest BCUT2D eigenvalue weighted by atomic mass is 10.1. The topological polar surface area (TPSA) is 80.9 Å². The standard InChI is InChI=1S/C11H11ClN4O2/c1-7-4-8(6-9(12)5-7)11-13-14-15-16(11)3-2-10(17)18/h4-6H,2-3H2,1H3,(H,17,18). The van der Waals surface area contributed by atoms with Crippen LogP contribution in [0.4, 0.5) is 0 Å². The van der Waals surface area contributed by atoms with Gasteiger partial charge in [-0.3, -0.25) is 4.79 Å². The summed E-state index contributed by atoms with van der Waals surface area (Å²) in [5.41, 5.74) is 1.76. The van der Waals surface area contributed by atoms with Gasteiger partial charge in [-0.15, -0.1) is 5.10 Å². The highest BCUT2D eigenvalue weighted by Gasteiger charge is 2.11. The summed E-state index contributed by atoms with van der Waals surface area (Å²) < 4.78 is 1.46. The Kier molecular flexibility index (Phi) is 3.57. The maximum absolute atomic E-state index is 10.5. The maximum atomic E-state index is 10.5. The molecule has 7 heteroatoms. The number of aliphatic carboxylic acids is 1. The fourth-order valence-corrected chi connectivity index (χ4v) is 1.92. The largest absolute Gasteiger partial charge is 0.481 e. The minimum absolute atomic E-state index is 0.0302. The summed E-state index contributed by atoms with van der Waals surface area (Å²) in [5, 5.41) is 20.5. The first-order valence-electron chi connectivity index (χ1n) is 5.32. The molecule has 1 N–H and O–H groups in total. The van der Waals surface area contributed by atoms with Gasteiger partial charge < -0.3 is 5.11 Å². The molecule has 18 heavy (non-hydrogen) atoms. The van der Waals surface area contributed by atoms with Crippen molar-refractivity contribution in [2.75, 3.05) is 0 Å². The lowest BCUT2D eigenvalue weighted by Crippen LogP contribution is -2.07. The third-order valence-corrected chi connectivity index (χ3v) is 2.59. The van der Waals surface area contributed by atoms with Crippen molar-refractivity contribution < 1.29 is 9.90 Å². The average molecular weight is 267 g/mol. The summed E-state index contributed by atoms with van der Waals surface area (Å²) in [7, 11) is 0. The molecule has 0 aliphatic rings. The van der Waals surface area contributed by atoms with E-state index < -0.39 is 5.97 Å². The normalized spacial score (nSPS) is 10.6. The number of hydrogen-bond donors (Lipinski definition) is 1. The van der Waals surface area contributed by atoms with Crippen LogP contribution < -0.4 is 0 Å². The van der Waals surface area contributed by atoms with Crippen molar-refractivity contribution in [1.29, 1.82) is 0 Å². The Hall–Kier alpha value is -1.95. The van der Waals surface area contributed by atoms with Crippen LogP contribution in [0.1, 0.15) is 12.0 Å². The predicted molar refractivity (Wildman–Crippen MR) is 65.3 cm³/mol. The Morgan fingerprint density at radius 2 is 2.22 bits per heavy atom. The zero-order valence-corrected chi connectivity index (χ0v) is 10.4. The molecule has 0 bridgehead atoms. The lowest BCUT2D eigenvalue weighted by molar-refractivity contribution is -0.137. The van der Waals surface area contributed by atoms with Crippen molar-refractivity contribution in [1.82, 2.24) is 20.2 Å². The third-order valence-electron chi connectivity index (χ3n) is 2.37. The van der Waals surface area contributed by atoms with Gasteiger partial charge >= 0.3 is 5.97 Å². The molecular formula is C11H11ClN4O2. The Labute approximate surface area is 108 Å². The molecule has 1 heterocycles. The zero-order chi connectivity index (χ0) is 13.1. The van der Waals surface area contributed by atoms with Gasteiger partial charge in [0.1, 0.15) is 0 Å². The van der Waals surface area contributed by atoms with Crippen LogP contribution in [-0.2, 0) is 11.3 Å². The van der Waals surface area contributed by atoms with E-state index in [4.69, 9.17) is 16.7 Å². The molecule has 1 aromatic heterocycles. The summed E-state index contributed by atoms with van der Waals surface area (Å²) in [5.74, 6) is -0.374. The van der Waals surface area contributed by atoms with Crippen LogP contribution in [-0.4, -0.2) is 31.3 Å². The van der Waals surface area contributed by atoms with Crippen LogP contribution in [0, 0.1) is 6.92 Å². The number of carboxylic acid groups (broad SMARTS) is 1. The first-order valence-corrected chi connectivity index (χ1v) is 5.69. The molecule has 0 aliphatic heterocycles. The predicted octanol–water partition coefficient (Wildman–Crippen LogP) is 1.78. The minimum Gasteiger partial charge on any atom is -0.481 e. The van der Waals surface area contributed by atoms with E-state index in [9.17, 15) is 4.79 Å². The Bertz CT molecular complexity index is 562. The van der Waals surface area contributed by atoms with Crippen LogP contribution in [0.25, 0.3) is 11.4 Å². The van der Waals surface area contributed by atoms with E-state index in [0.717, 1.165) is 11.1 Å². The van der Waals surface area contributed by atoms with Crippen molar-refractivity contribution in [2.45, 2.75) is 19.9 Å². The number of halogens is 1. The molecule has 0 saturated carbocycles. The van der Waals surface area contributed by atoms with Crippen molar-refractivity contribution in [2.24, 2.45) is 0 Å². The molecule has 0 saturated heterocycles. The van der Waals surface area contributed by atoms with Gasteiger partial charge in [-0.25, -0.2) is 4.68 Å². The van der Waals surface area contributed by atoms with Gasteiger partial charge in [0, 0.05) is 10.6 Å². The van der Waals surface area contributed by atoms with Gasteiger partial charge in [0.25, 0.3) is 0 Å². The van der Waals surface area contributed by atoms with E-state index in [0.29, 0.717) is 10.8 Å². The Morgan fingerprint density at radius 3 is 2.89 bits per heavy atom. The summed E-state index contributed by atoms with van der Waals surface area (Å²) in [4.78, 5) is 10.5. The monoisotopic (exact) mass is 266 g/mol. The molecule has 0 unspecified atom stereocenters. The van der Waals surface area contributed by atoms with Crippen molar-refractivity contribution in [3.8, 4) is 11.4 Å². The SMILES string of the molecule is Cc1cc(Cl)cc(-c2nnnn2CCC(=O)O)c1. The van der Waals surface area contributed by atoms with Gasteiger partial charge in [-0.2, -0.15) is 0 Å². The molecule has 6 nitrogen and oxygen atoms in total. The van der Waals surface area contributed by atoms with E-state index in [2.05, 4.69) is 15.5 Å². The number of rotatable bonds is 4. The first kappa shape index (κ1) is 12.5. The third kappa shape index (κ3) is 2.84. The summed E-state index contributed by atoms with van der Waals surface area (Å²) in [6.07, 6.45) is -0.0302. The second kappa shape index (κ2) is 5.14. The number of carboxylic acids is 1. The molecule has 0 aliphatic carbocycles. The summed E-state index contributed by atoms with van der Waals surface area (Å²) >= 11 is 5.97. The second-order valence-electron chi connectivity index (χ2n) is 3.89. The molecule has 1 aromatic carbocycles. The minimum atomic E-state index is -0.890. The van der Waals surface area contributed by atoms with Crippen LogP contribution in [0.2, 0.25) is 5.02 Å². The van der Waals surface area contributed by atoms with Gasteiger partial charge in [0.15, 0.2) is 5.82 Å². The van der Waals surface area contributed by atoms with E-state index in [1.54, 1.807) is 6.07 Å². The van der Waals surface area contributed by atoms with Crippen LogP contribution in [0.5, 0.6) is 0 Å². The number of hydrogen-bond acceptors (Lipinski definition) is 4. The maximum Gasteiger partial charge on any atom is 0.305 e. The van der Waals surface area contributed by atoms with Crippen molar-refractivity contribution in [3.05, 3.63) is 28.8 Å². The number of tetrazole rings is 1. The molecule has 94 valence electrons. The van der Waals surface area contributed by atoms with Crippen LogP contribution >= 0.6 is 11.6 Å². The highest BCUT2D eigenvalue weighted by Crippen LogP contribution is 2.22. The van der Waals surface area contributed by atoms with Gasteiger partial charge in [-0.05, 0) is 41.1 Å².